The molecule has 1 aromatic heterocycles. The summed E-state index contributed by atoms with van der Waals surface area (Å²) in [6.07, 6.45) is 6.41. The van der Waals surface area contributed by atoms with Crippen molar-refractivity contribution in [1.29, 1.82) is 0 Å². The van der Waals surface area contributed by atoms with Gasteiger partial charge in [-0.25, -0.2) is 0 Å². The molecule has 1 saturated heterocycles. The van der Waals surface area contributed by atoms with Crippen LogP contribution >= 0.6 is 11.3 Å². The Balaban J connectivity index is 1.58. The molecular weight excluding hydrogens is 314 g/mol. The van der Waals surface area contributed by atoms with Crippen molar-refractivity contribution < 1.29 is 9.66 Å². The normalized spacial score (nSPS) is 22.1. The molecule has 0 atom stereocenters. The van der Waals surface area contributed by atoms with Crippen molar-refractivity contribution in [2.24, 2.45) is 0 Å². The second kappa shape index (κ2) is 7.70. The van der Waals surface area contributed by atoms with Crippen LogP contribution in [-0.4, -0.2) is 48.2 Å². The third kappa shape index (κ3) is 4.09. The molecule has 1 saturated carbocycles. The molecule has 0 bridgehead atoms. The Morgan fingerprint density at radius 3 is 2.70 bits per heavy atom. The minimum absolute atomic E-state index is 0.224. The average Bonchev–Trinajstić information content (AvgIpc) is 3.06. The van der Waals surface area contributed by atoms with Crippen molar-refractivity contribution in [2.45, 2.75) is 44.2 Å². The monoisotopic (exact) mass is 339 g/mol. The Morgan fingerprint density at radius 2 is 2.04 bits per heavy atom. The molecule has 2 fully saturated rings. The molecule has 6 nitrogen and oxygen atoms in total. The van der Waals surface area contributed by atoms with Crippen LogP contribution in [0.4, 0.5) is 5.00 Å². The summed E-state index contributed by atoms with van der Waals surface area (Å²) in [5.74, 6) is 0. The molecule has 128 valence electrons. The zero-order valence-electron chi connectivity index (χ0n) is 13.5. The van der Waals surface area contributed by atoms with Gasteiger partial charge in [0.05, 0.1) is 18.1 Å². The van der Waals surface area contributed by atoms with Crippen LogP contribution in [0.25, 0.3) is 0 Å². The van der Waals surface area contributed by atoms with Crippen molar-refractivity contribution >= 4 is 16.3 Å². The summed E-state index contributed by atoms with van der Waals surface area (Å²) in [6, 6.07) is 1.68. The van der Waals surface area contributed by atoms with Gasteiger partial charge in [0.1, 0.15) is 0 Å². The van der Waals surface area contributed by atoms with Gasteiger partial charge in [0.15, 0.2) is 0 Å². The quantitative estimate of drug-likeness (QED) is 0.637. The molecular formula is C16H25N3O3S. The lowest BCUT2D eigenvalue weighted by molar-refractivity contribution is -0.380. The van der Waals surface area contributed by atoms with Gasteiger partial charge in [-0.3, -0.25) is 15.0 Å². The maximum absolute atomic E-state index is 10.8. The molecule has 0 unspecified atom stereocenters. The standard InChI is InChI=1S/C16H25N3O3S/c20-19(21)15-10-14(12-23-15)11-17-13-16(4-2-1-3-5-16)18-6-8-22-9-7-18/h10,12,17H,1-9,11,13H2. The molecule has 7 heteroatoms. The summed E-state index contributed by atoms with van der Waals surface area (Å²) < 4.78 is 5.51. The number of nitrogens with zero attached hydrogens (tertiary/aromatic N) is 2. The van der Waals surface area contributed by atoms with Crippen LogP contribution in [0.15, 0.2) is 11.4 Å². The smallest absolute Gasteiger partial charge is 0.324 e. The summed E-state index contributed by atoms with van der Waals surface area (Å²) in [5.41, 5.74) is 1.25. The third-order valence-electron chi connectivity index (χ3n) is 5.07. The van der Waals surface area contributed by atoms with Crippen molar-refractivity contribution in [3.05, 3.63) is 27.1 Å². The van der Waals surface area contributed by atoms with Gasteiger partial charge < -0.3 is 10.1 Å². The van der Waals surface area contributed by atoms with Gasteiger partial charge in [0, 0.05) is 43.2 Å². The summed E-state index contributed by atoms with van der Waals surface area (Å²) in [5, 5.41) is 16.4. The number of hydrogen-bond donors (Lipinski definition) is 1. The van der Waals surface area contributed by atoms with Crippen molar-refractivity contribution in [3.63, 3.8) is 0 Å². The molecule has 0 amide bonds. The Hall–Kier alpha value is -1.02. The number of morpholine rings is 1. The van der Waals surface area contributed by atoms with Gasteiger partial charge in [0.25, 0.3) is 0 Å². The van der Waals surface area contributed by atoms with Crippen molar-refractivity contribution in [3.8, 4) is 0 Å². The SMILES string of the molecule is O=[N+]([O-])c1cc(CNCC2(N3CCOCC3)CCCCC2)cs1. The Bertz CT molecular complexity index is 522. The second-order valence-electron chi connectivity index (χ2n) is 6.54. The van der Waals surface area contributed by atoms with E-state index in [1.807, 2.05) is 5.38 Å². The van der Waals surface area contributed by atoms with Crippen LogP contribution in [-0.2, 0) is 11.3 Å². The van der Waals surface area contributed by atoms with Crippen LogP contribution < -0.4 is 5.32 Å². The third-order valence-corrected chi connectivity index (χ3v) is 6.00. The van der Waals surface area contributed by atoms with E-state index >= 15 is 0 Å². The zero-order valence-corrected chi connectivity index (χ0v) is 14.3. The molecule has 2 heterocycles. The predicted molar refractivity (Wildman–Crippen MR) is 90.9 cm³/mol. The fraction of sp³-hybridized carbons (Fsp3) is 0.750. The van der Waals surface area contributed by atoms with E-state index in [1.54, 1.807) is 6.07 Å². The van der Waals surface area contributed by atoms with Gasteiger partial charge in [-0.1, -0.05) is 30.6 Å². The molecule has 2 aliphatic rings. The number of rotatable bonds is 6. The van der Waals surface area contributed by atoms with Gasteiger partial charge in [-0.05, 0) is 18.4 Å². The van der Waals surface area contributed by atoms with Crippen LogP contribution in [0, 0.1) is 10.1 Å². The summed E-state index contributed by atoms with van der Waals surface area (Å²) in [6.45, 7) is 5.36. The van der Waals surface area contributed by atoms with Crippen molar-refractivity contribution in [1.82, 2.24) is 10.2 Å². The minimum atomic E-state index is -0.315. The largest absolute Gasteiger partial charge is 0.379 e. The molecule has 0 spiro atoms. The number of nitro groups is 1. The highest BCUT2D eigenvalue weighted by Gasteiger charge is 2.38. The van der Waals surface area contributed by atoms with Gasteiger partial charge in [-0.15, -0.1) is 0 Å². The van der Waals surface area contributed by atoms with Crippen LogP contribution in [0.3, 0.4) is 0 Å². The summed E-state index contributed by atoms with van der Waals surface area (Å²) >= 11 is 1.20. The fourth-order valence-electron chi connectivity index (χ4n) is 3.84. The number of thiophene rings is 1. The first-order valence-electron chi connectivity index (χ1n) is 8.45. The van der Waals surface area contributed by atoms with Crippen LogP contribution in [0.1, 0.15) is 37.7 Å². The van der Waals surface area contributed by atoms with Crippen LogP contribution in [0.2, 0.25) is 0 Å². The van der Waals surface area contributed by atoms with E-state index in [1.165, 1.54) is 43.4 Å². The second-order valence-corrected chi connectivity index (χ2v) is 7.43. The zero-order chi connectivity index (χ0) is 16.1. The Morgan fingerprint density at radius 1 is 1.30 bits per heavy atom. The lowest BCUT2D eigenvalue weighted by atomic mass is 9.79. The highest BCUT2D eigenvalue weighted by molar-refractivity contribution is 7.13. The Kier molecular flexibility index (Phi) is 5.63. The van der Waals surface area contributed by atoms with E-state index in [9.17, 15) is 10.1 Å². The van der Waals surface area contributed by atoms with E-state index in [2.05, 4.69) is 10.2 Å². The lowest BCUT2D eigenvalue weighted by Crippen LogP contribution is -2.59. The molecule has 1 aromatic rings. The van der Waals surface area contributed by atoms with E-state index in [4.69, 9.17) is 4.74 Å². The topological polar surface area (TPSA) is 67.6 Å². The highest BCUT2D eigenvalue weighted by Crippen LogP contribution is 2.34. The summed E-state index contributed by atoms with van der Waals surface area (Å²) in [4.78, 5) is 13.1. The van der Waals surface area contributed by atoms with E-state index in [0.29, 0.717) is 6.54 Å². The molecule has 23 heavy (non-hydrogen) atoms. The summed E-state index contributed by atoms with van der Waals surface area (Å²) in [7, 11) is 0. The first-order valence-corrected chi connectivity index (χ1v) is 9.33. The molecule has 0 radical (unpaired) electrons. The van der Waals surface area contributed by atoms with Gasteiger partial charge in [-0.2, -0.15) is 0 Å². The maximum atomic E-state index is 10.8. The lowest BCUT2D eigenvalue weighted by Gasteiger charge is -2.48. The molecule has 0 aromatic carbocycles. The van der Waals surface area contributed by atoms with E-state index in [0.717, 1.165) is 38.4 Å². The van der Waals surface area contributed by atoms with Gasteiger partial charge >= 0.3 is 5.00 Å². The number of hydrogen-bond acceptors (Lipinski definition) is 6. The molecule has 1 aliphatic carbocycles. The number of ether oxygens (including phenoxy) is 1. The fourth-order valence-corrected chi connectivity index (χ4v) is 4.57. The van der Waals surface area contributed by atoms with E-state index in [-0.39, 0.29) is 15.5 Å². The van der Waals surface area contributed by atoms with E-state index < -0.39 is 0 Å². The number of nitrogens with one attached hydrogen (secondary N) is 1. The highest BCUT2D eigenvalue weighted by atomic mass is 32.1. The average molecular weight is 339 g/mol. The predicted octanol–water partition coefficient (Wildman–Crippen LogP) is 2.78. The Labute approximate surface area is 141 Å². The van der Waals surface area contributed by atoms with Gasteiger partial charge in [0.2, 0.25) is 0 Å². The maximum Gasteiger partial charge on any atom is 0.324 e. The van der Waals surface area contributed by atoms with Crippen molar-refractivity contribution in [2.75, 3.05) is 32.8 Å². The first kappa shape index (κ1) is 16.8. The van der Waals surface area contributed by atoms with Crippen LogP contribution in [0.5, 0.6) is 0 Å². The minimum Gasteiger partial charge on any atom is -0.379 e. The molecule has 3 rings (SSSR count). The molecule has 1 aliphatic heterocycles. The molecule has 1 N–H and O–H groups in total. The first-order chi connectivity index (χ1) is 11.2.